The summed E-state index contributed by atoms with van der Waals surface area (Å²) in [5.74, 6) is -0.356. The fourth-order valence-corrected chi connectivity index (χ4v) is 2.82. The van der Waals surface area contributed by atoms with Gasteiger partial charge in [0, 0.05) is 18.2 Å². The molecule has 1 N–H and O–H groups in total. The largest absolute Gasteiger partial charge is 0.459 e. The summed E-state index contributed by atoms with van der Waals surface area (Å²) in [5.41, 5.74) is -0.478. The van der Waals surface area contributed by atoms with Crippen molar-refractivity contribution in [3.63, 3.8) is 0 Å². The van der Waals surface area contributed by atoms with E-state index >= 15 is 0 Å². The van der Waals surface area contributed by atoms with Crippen LogP contribution in [0.3, 0.4) is 0 Å². The van der Waals surface area contributed by atoms with Gasteiger partial charge in [-0.3, -0.25) is 14.3 Å². The molecule has 2 aromatic rings. The molecule has 7 nitrogen and oxygen atoms in total. The normalized spacial score (nSPS) is 23.1. The van der Waals surface area contributed by atoms with E-state index in [1.165, 1.54) is 16.8 Å². The Bertz CT molecular complexity index is 827. The Morgan fingerprint density at radius 1 is 1.29 bits per heavy atom. The van der Waals surface area contributed by atoms with Crippen molar-refractivity contribution in [2.45, 2.75) is 25.7 Å². The van der Waals surface area contributed by atoms with Gasteiger partial charge < -0.3 is 9.47 Å². The second-order valence-electron chi connectivity index (χ2n) is 5.84. The highest BCUT2D eigenvalue weighted by Crippen LogP contribution is 2.33. The van der Waals surface area contributed by atoms with Crippen LogP contribution in [0.4, 0.5) is 0 Å². The quantitative estimate of drug-likeness (QED) is 0.854. The van der Waals surface area contributed by atoms with Crippen LogP contribution in [0, 0.1) is 5.92 Å². The Balaban J connectivity index is 1.63. The van der Waals surface area contributed by atoms with Crippen molar-refractivity contribution >= 4 is 5.97 Å². The molecule has 2 unspecified atom stereocenters. The summed E-state index contributed by atoms with van der Waals surface area (Å²) in [5, 5.41) is 0. The number of hydrogen-bond acceptors (Lipinski definition) is 5. The molecule has 0 saturated carbocycles. The predicted octanol–water partition coefficient (Wildman–Crippen LogP) is 1.32. The summed E-state index contributed by atoms with van der Waals surface area (Å²) >= 11 is 0. The first-order chi connectivity index (χ1) is 11.5. The van der Waals surface area contributed by atoms with Crippen LogP contribution in [-0.2, 0) is 9.47 Å². The van der Waals surface area contributed by atoms with Crippen molar-refractivity contribution in [2.24, 2.45) is 5.92 Å². The van der Waals surface area contributed by atoms with Crippen LogP contribution in [0.2, 0.25) is 0 Å². The van der Waals surface area contributed by atoms with E-state index in [1.54, 1.807) is 24.3 Å². The average molecular weight is 330 g/mol. The summed E-state index contributed by atoms with van der Waals surface area (Å²) in [6.07, 6.45) is 1.28. The van der Waals surface area contributed by atoms with E-state index in [9.17, 15) is 14.4 Å². The zero-order chi connectivity index (χ0) is 17.1. The molecule has 1 aromatic carbocycles. The molecule has 126 valence electrons. The van der Waals surface area contributed by atoms with Gasteiger partial charge in [-0.2, -0.15) is 0 Å². The van der Waals surface area contributed by atoms with Crippen LogP contribution in [0.5, 0.6) is 0 Å². The SMILES string of the molecule is C[C@H]1CC(COC(=O)c2ccccc2)OC1n1ccc(=O)[nH]c1=O. The maximum absolute atomic E-state index is 12.0. The minimum absolute atomic E-state index is 0.0500. The molecule has 3 atom stereocenters. The summed E-state index contributed by atoms with van der Waals surface area (Å²) in [6, 6.07) is 10.0. The van der Waals surface area contributed by atoms with Crippen molar-refractivity contribution in [2.75, 3.05) is 6.61 Å². The number of aromatic amines is 1. The highest BCUT2D eigenvalue weighted by Gasteiger charge is 2.34. The monoisotopic (exact) mass is 330 g/mol. The number of carbonyl (C=O) groups excluding carboxylic acids is 1. The Kier molecular flexibility index (Phi) is 4.61. The van der Waals surface area contributed by atoms with Gasteiger partial charge in [-0.1, -0.05) is 25.1 Å². The van der Waals surface area contributed by atoms with E-state index in [4.69, 9.17) is 9.47 Å². The third kappa shape index (κ3) is 3.46. The number of hydrogen-bond donors (Lipinski definition) is 1. The standard InChI is InChI=1S/C17H18N2O5/c1-11-9-13(10-23-16(21)12-5-3-2-4-6-12)24-15(11)19-8-7-14(20)18-17(19)22/h2-8,11,13,15H,9-10H2,1H3,(H,18,20,22)/t11-,13?,15?/m0/s1. The predicted molar refractivity (Wildman–Crippen MR) is 85.7 cm³/mol. The molecule has 1 saturated heterocycles. The third-order valence-electron chi connectivity index (χ3n) is 3.99. The van der Waals surface area contributed by atoms with Gasteiger partial charge in [0.15, 0.2) is 0 Å². The van der Waals surface area contributed by atoms with Gasteiger partial charge in [-0.05, 0) is 18.6 Å². The molecule has 0 aliphatic carbocycles. The molecule has 7 heteroatoms. The van der Waals surface area contributed by atoms with Crippen LogP contribution in [0.25, 0.3) is 0 Å². The van der Waals surface area contributed by atoms with Crippen LogP contribution in [-0.4, -0.2) is 28.2 Å². The third-order valence-corrected chi connectivity index (χ3v) is 3.99. The van der Waals surface area contributed by atoms with E-state index in [2.05, 4.69) is 4.98 Å². The number of benzene rings is 1. The summed E-state index contributed by atoms with van der Waals surface area (Å²) in [6.45, 7) is 2.06. The zero-order valence-corrected chi connectivity index (χ0v) is 13.2. The lowest BCUT2D eigenvalue weighted by molar-refractivity contribution is -0.0411. The lowest BCUT2D eigenvalue weighted by Crippen LogP contribution is -2.33. The molecule has 2 heterocycles. The number of H-pyrrole nitrogens is 1. The number of carbonyl (C=O) groups is 1. The van der Waals surface area contributed by atoms with E-state index in [0.717, 1.165) is 0 Å². The lowest BCUT2D eigenvalue weighted by Gasteiger charge is -2.17. The smallest absolute Gasteiger partial charge is 0.338 e. The minimum atomic E-state index is -0.513. The van der Waals surface area contributed by atoms with Gasteiger partial charge in [0.25, 0.3) is 5.56 Å². The Morgan fingerprint density at radius 2 is 2.04 bits per heavy atom. The van der Waals surface area contributed by atoms with Gasteiger partial charge in [0.1, 0.15) is 12.8 Å². The van der Waals surface area contributed by atoms with E-state index in [-0.39, 0.29) is 18.6 Å². The molecule has 1 aromatic heterocycles. The van der Waals surface area contributed by atoms with Crippen LogP contribution in [0.15, 0.2) is 52.2 Å². The van der Waals surface area contributed by atoms with Crippen LogP contribution >= 0.6 is 0 Å². The molecule has 1 fully saturated rings. The van der Waals surface area contributed by atoms with Crippen molar-refractivity contribution < 1.29 is 14.3 Å². The van der Waals surface area contributed by atoms with Gasteiger partial charge in [-0.25, -0.2) is 9.59 Å². The fraction of sp³-hybridized carbons (Fsp3) is 0.353. The van der Waals surface area contributed by atoms with Gasteiger partial charge in [0.2, 0.25) is 0 Å². The van der Waals surface area contributed by atoms with Crippen LogP contribution < -0.4 is 11.2 Å². The van der Waals surface area contributed by atoms with Crippen LogP contribution in [0.1, 0.15) is 29.9 Å². The molecular weight excluding hydrogens is 312 g/mol. The minimum Gasteiger partial charge on any atom is -0.459 e. The molecule has 1 aliphatic heterocycles. The molecule has 0 bridgehead atoms. The van der Waals surface area contributed by atoms with Gasteiger partial charge in [-0.15, -0.1) is 0 Å². The van der Waals surface area contributed by atoms with Gasteiger partial charge in [0.05, 0.1) is 11.7 Å². The number of nitrogens with one attached hydrogen (secondary N) is 1. The summed E-state index contributed by atoms with van der Waals surface area (Å²) < 4.78 is 12.5. The number of nitrogens with zero attached hydrogens (tertiary/aromatic N) is 1. The zero-order valence-electron chi connectivity index (χ0n) is 13.2. The fourth-order valence-electron chi connectivity index (χ4n) is 2.82. The first kappa shape index (κ1) is 16.2. The van der Waals surface area contributed by atoms with E-state index in [0.29, 0.717) is 12.0 Å². The molecule has 24 heavy (non-hydrogen) atoms. The highest BCUT2D eigenvalue weighted by atomic mass is 16.6. The number of esters is 1. The molecule has 0 amide bonds. The lowest BCUT2D eigenvalue weighted by atomic mass is 10.1. The average Bonchev–Trinajstić information content (AvgIpc) is 2.94. The second-order valence-corrected chi connectivity index (χ2v) is 5.84. The number of rotatable bonds is 4. The van der Waals surface area contributed by atoms with Gasteiger partial charge >= 0.3 is 11.7 Å². The Morgan fingerprint density at radius 3 is 2.75 bits per heavy atom. The van der Waals surface area contributed by atoms with Crippen molar-refractivity contribution in [1.82, 2.24) is 9.55 Å². The van der Waals surface area contributed by atoms with E-state index in [1.807, 2.05) is 13.0 Å². The van der Waals surface area contributed by atoms with Crippen molar-refractivity contribution in [1.29, 1.82) is 0 Å². The van der Waals surface area contributed by atoms with E-state index < -0.39 is 23.4 Å². The Hall–Kier alpha value is -2.67. The maximum Gasteiger partial charge on any atom is 0.338 e. The molecule has 0 radical (unpaired) electrons. The maximum atomic E-state index is 12.0. The second kappa shape index (κ2) is 6.84. The topological polar surface area (TPSA) is 90.4 Å². The number of aromatic nitrogens is 2. The Labute approximate surface area is 137 Å². The highest BCUT2D eigenvalue weighted by molar-refractivity contribution is 5.89. The summed E-state index contributed by atoms with van der Waals surface area (Å²) in [4.78, 5) is 37.2. The molecule has 1 aliphatic rings. The first-order valence-corrected chi connectivity index (χ1v) is 7.73. The molecule has 3 rings (SSSR count). The molecule has 0 spiro atoms. The van der Waals surface area contributed by atoms with Crippen molar-refractivity contribution in [3.05, 3.63) is 69.0 Å². The first-order valence-electron chi connectivity index (χ1n) is 7.73. The summed E-state index contributed by atoms with van der Waals surface area (Å²) in [7, 11) is 0. The van der Waals surface area contributed by atoms with Crippen molar-refractivity contribution in [3.8, 4) is 0 Å². The molecular formula is C17H18N2O5. The number of ether oxygens (including phenoxy) is 2.